The molecule has 1 fully saturated rings. The van der Waals surface area contributed by atoms with Crippen LogP contribution in [-0.2, 0) is 6.54 Å². The van der Waals surface area contributed by atoms with Gasteiger partial charge in [-0.3, -0.25) is 4.90 Å². The van der Waals surface area contributed by atoms with Gasteiger partial charge in [-0.05, 0) is 32.0 Å². The van der Waals surface area contributed by atoms with E-state index in [9.17, 15) is 0 Å². The summed E-state index contributed by atoms with van der Waals surface area (Å²) in [6.45, 7) is 9.22. The zero-order chi connectivity index (χ0) is 14.9. The largest absolute Gasteiger partial charge is 0.395 e. The molecule has 0 spiro atoms. The minimum Gasteiger partial charge on any atom is -0.395 e. The Kier molecular flexibility index (Phi) is 6.92. The molecule has 2 rings (SSSR count). The van der Waals surface area contributed by atoms with Gasteiger partial charge < -0.3 is 15.3 Å². The number of β-amino-alcohol motifs (C(OH)–C–C–N with tert-alkyl or cyclic N) is 1. The SMILES string of the molecule is CCCNCc1cccnc1N1CCCN(CCO)CC1. The monoisotopic (exact) mass is 292 g/mol. The molecule has 2 heterocycles. The smallest absolute Gasteiger partial charge is 0.133 e. The van der Waals surface area contributed by atoms with Gasteiger partial charge in [-0.15, -0.1) is 0 Å². The molecule has 21 heavy (non-hydrogen) atoms. The van der Waals surface area contributed by atoms with Crippen LogP contribution < -0.4 is 10.2 Å². The highest BCUT2D eigenvalue weighted by Crippen LogP contribution is 2.19. The normalized spacial score (nSPS) is 17.0. The zero-order valence-electron chi connectivity index (χ0n) is 13.1. The highest BCUT2D eigenvalue weighted by atomic mass is 16.3. The second kappa shape index (κ2) is 8.97. The molecular weight excluding hydrogens is 264 g/mol. The summed E-state index contributed by atoms with van der Waals surface area (Å²) in [6, 6.07) is 4.18. The third-order valence-corrected chi connectivity index (χ3v) is 3.91. The molecule has 2 N–H and O–H groups in total. The number of aliphatic hydroxyl groups excluding tert-OH is 1. The molecule has 1 aliphatic heterocycles. The molecule has 118 valence electrons. The Morgan fingerprint density at radius 2 is 2.19 bits per heavy atom. The highest BCUT2D eigenvalue weighted by Gasteiger charge is 2.17. The van der Waals surface area contributed by atoms with E-state index in [2.05, 4.69) is 33.1 Å². The third kappa shape index (κ3) is 4.95. The zero-order valence-corrected chi connectivity index (χ0v) is 13.1. The van der Waals surface area contributed by atoms with Gasteiger partial charge in [-0.25, -0.2) is 4.98 Å². The maximum absolute atomic E-state index is 9.08. The summed E-state index contributed by atoms with van der Waals surface area (Å²) >= 11 is 0. The van der Waals surface area contributed by atoms with Gasteiger partial charge in [0.2, 0.25) is 0 Å². The minimum absolute atomic E-state index is 0.246. The Morgan fingerprint density at radius 1 is 1.29 bits per heavy atom. The van der Waals surface area contributed by atoms with Crippen LogP contribution in [0.2, 0.25) is 0 Å². The first kappa shape index (κ1) is 16.2. The highest BCUT2D eigenvalue weighted by molar-refractivity contribution is 5.46. The van der Waals surface area contributed by atoms with Crippen molar-refractivity contribution in [1.29, 1.82) is 0 Å². The van der Waals surface area contributed by atoms with Gasteiger partial charge in [0.05, 0.1) is 6.61 Å². The molecule has 0 radical (unpaired) electrons. The molecule has 0 bridgehead atoms. The first-order valence-corrected chi connectivity index (χ1v) is 8.08. The summed E-state index contributed by atoms with van der Waals surface area (Å²) < 4.78 is 0. The molecule has 0 aliphatic carbocycles. The van der Waals surface area contributed by atoms with Crippen molar-refractivity contribution in [3.8, 4) is 0 Å². The van der Waals surface area contributed by atoms with Gasteiger partial charge in [-0.1, -0.05) is 13.0 Å². The molecule has 1 aliphatic rings. The standard InChI is InChI=1S/C16H28N4O/c1-2-6-17-14-15-5-3-7-18-16(15)20-9-4-8-19(10-11-20)12-13-21/h3,5,7,17,21H,2,4,6,8-14H2,1H3. The molecule has 1 aromatic heterocycles. The van der Waals surface area contributed by atoms with Crippen LogP contribution in [0.4, 0.5) is 5.82 Å². The van der Waals surface area contributed by atoms with Crippen LogP contribution in [0.3, 0.4) is 0 Å². The van der Waals surface area contributed by atoms with Crippen molar-refractivity contribution in [2.24, 2.45) is 0 Å². The topological polar surface area (TPSA) is 51.6 Å². The number of rotatable bonds is 7. The fraction of sp³-hybridized carbons (Fsp3) is 0.688. The van der Waals surface area contributed by atoms with Crippen molar-refractivity contribution < 1.29 is 5.11 Å². The molecule has 1 aromatic rings. The number of anilines is 1. The molecule has 0 saturated carbocycles. The Bertz CT molecular complexity index is 413. The fourth-order valence-electron chi connectivity index (χ4n) is 2.80. The minimum atomic E-state index is 0.246. The lowest BCUT2D eigenvalue weighted by molar-refractivity contribution is 0.204. The molecule has 0 unspecified atom stereocenters. The van der Waals surface area contributed by atoms with Gasteiger partial charge in [-0.2, -0.15) is 0 Å². The number of nitrogens with one attached hydrogen (secondary N) is 1. The van der Waals surface area contributed by atoms with E-state index in [0.717, 1.165) is 64.5 Å². The molecule has 0 amide bonds. The van der Waals surface area contributed by atoms with Crippen molar-refractivity contribution in [1.82, 2.24) is 15.2 Å². The van der Waals surface area contributed by atoms with Crippen LogP contribution in [0, 0.1) is 0 Å². The van der Waals surface area contributed by atoms with Crippen molar-refractivity contribution in [3.63, 3.8) is 0 Å². The average Bonchev–Trinajstić information content (AvgIpc) is 2.74. The van der Waals surface area contributed by atoms with Crippen LogP contribution in [0.1, 0.15) is 25.3 Å². The second-order valence-electron chi connectivity index (χ2n) is 5.57. The van der Waals surface area contributed by atoms with E-state index >= 15 is 0 Å². The quantitative estimate of drug-likeness (QED) is 0.737. The van der Waals surface area contributed by atoms with E-state index in [1.54, 1.807) is 0 Å². The van der Waals surface area contributed by atoms with Gasteiger partial charge in [0, 0.05) is 44.5 Å². The first-order valence-electron chi connectivity index (χ1n) is 8.08. The fourth-order valence-corrected chi connectivity index (χ4v) is 2.80. The van der Waals surface area contributed by atoms with Gasteiger partial charge >= 0.3 is 0 Å². The summed E-state index contributed by atoms with van der Waals surface area (Å²) in [7, 11) is 0. The summed E-state index contributed by atoms with van der Waals surface area (Å²) in [5, 5.41) is 12.5. The summed E-state index contributed by atoms with van der Waals surface area (Å²) in [5.41, 5.74) is 1.28. The number of nitrogens with zero attached hydrogens (tertiary/aromatic N) is 3. The lowest BCUT2D eigenvalue weighted by Crippen LogP contribution is -2.33. The lowest BCUT2D eigenvalue weighted by atomic mass is 10.2. The van der Waals surface area contributed by atoms with Gasteiger partial charge in [0.1, 0.15) is 5.82 Å². The average molecular weight is 292 g/mol. The lowest BCUT2D eigenvalue weighted by Gasteiger charge is -2.24. The summed E-state index contributed by atoms with van der Waals surface area (Å²) in [6.07, 6.45) is 4.16. The molecule has 5 nitrogen and oxygen atoms in total. The van der Waals surface area contributed by atoms with E-state index in [4.69, 9.17) is 5.11 Å². The molecule has 1 saturated heterocycles. The predicted molar refractivity (Wildman–Crippen MR) is 86.6 cm³/mol. The maximum Gasteiger partial charge on any atom is 0.133 e. The van der Waals surface area contributed by atoms with Crippen molar-refractivity contribution >= 4 is 5.82 Å². The number of hydrogen-bond acceptors (Lipinski definition) is 5. The van der Waals surface area contributed by atoms with Crippen LogP contribution in [0.5, 0.6) is 0 Å². The molecular formula is C16H28N4O. The molecule has 5 heteroatoms. The third-order valence-electron chi connectivity index (χ3n) is 3.91. The van der Waals surface area contributed by atoms with Crippen LogP contribution in [-0.4, -0.2) is 60.9 Å². The van der Waals surface area contributed by atoms with E-state index in [-0.39, 0.29) is 6.61 Å². The Hall–Kier alpha value is -1.17. The van der Waals surface area contributed by atoms with Gasteiger partial charge in [0.15, 0.2) is 0 Å². The summed E-state index contributed by atoms with van der Waals surface area (Å²) in [5.74, 6) is 1.12. The van der Waals surface area contributed by atoms with E-state index in [1.165, 1.54) is 5.56 Å². The number of aromatic nitrogens is 1. The van der Waals surface area contributed by atoms with E-state index in [0.29, 0.717) is 0 Å². The van der Waals surface area contributed by atoms with Crippen molar-refractivity contribution in [3.05, 3.63) is 23.9 Å². The van der Waals surface area contributed by atoms with E-state index in [1.807, 2.05) is 12.3 Å². The Balaban J connectivity index is 2.00. The van der Waals surface area contributed by atoms with Gasteiger partial charge in [0.25, 0.3) is 0 Å². The van der Waals surface area contributed by atoms with Crippen molar-refractivity contribution in [2.75, 3.05) is 50.8 Å². The van der Waals surface area contributed by atoms with Crippen molar-refractivity contribution in [2.45, 2.75) is 26.3 Å². The van der Waals surface area contributed by atoms with E-state index < -0.39 is 0 Å². The number of aliphatic hydroxyl groups is 1. The van der Waals surface area contributed by atoms with Crippen LogP contribution in [0.15, 0.2) is 18.3 Å². The Labute approximate surface area is 128 Å². The van der Waals surface area contributed by atoms with Crippen LogP contribution in [0.25, 0.3) is 0 Å². The number of hydrogen-bond donors (Lipinski definition) is 2. The second-order valence-corrected chi connectivity index (χ2v) is 5.57. The summed E-state index contributed by atoms with van der Waals surface area (Å²) in [4.78, 5) is 9.33. The van der Waals surface area contributed by atoms with Crippen LogP contribution >= 0.6 is 0 Å². The first-order chi connectivity index (χ1) is 10.3. The number of pyridine rings is 1. The Morgan fingerprint density at radius 3 is 3.00 bits per heavy atom. The predicted octanol–water partition coefficient (Wildman–Crippen LogP) is 1.09. The molecule has 0 atom stereocenters. The molecule has 0 aromatic carbocycles. The maximum atomic E-state index is 9.08.